The fourth-order valence-corrected chi connectivity index (χ4v) is 5.18. The second-order valence-corrected chi connectivity index (χ2v) is 9.47. The minimum atomic E-state index is -0.325. The molecular formula is C25H36N4O5. The van der Waals surface area contributed by atoms with Gasteiger partial charge in [0.2, 0.25) is 5.91 Å². The number of amides is 4. The lowest BCUT2D eigenvalue weighted by atomic mass is 9.93. The summed E-state index contributed by atoms with van der Waals surface area (Å²) in [6.07, 6.45) is 7.02. The average Bonchev–Trinajstić information content (AvgIpc) is 2.82. The molecule has 4 amide bonds. The van der Waals surface area contributed by atoms with Gasteiger partial charge in [-0.1, -0.05) is 19.3 Å². The second-order valence-electron chi connectivity index (χ2n) is 9.47. The molecule has 4 rings (SSSR count). The molecule has 0 spiro atoms. The molecule has 1 saturated carbocycles. The molecule has 34 heavy (non-hydrogen) atoms. The maximum atomic E-state index is 13.3. The van der Waals surface area contributed by atoms with Gasteiger partial charge in [-0.3, -0.25) is 9.59 Å². The molecule has 3 atom stereocenters. The third kappa shape index (κ3) is 5.81. The summed E-state index contributed by atoms with van der Waals surface area (Å²) in [6, 6.07) is 4.87. The van der Waals surface area contributed by atoms with Crippen molar-refractivity contribution in [1.82, 2.24) is 15.5 Å². The number of fused-ring (bicyclic) bond motifs is 2. The van der Waals surface area contributed by atoms with E-state index in [2.05, 4.69) is 16.0 Å². The van der Waals surface area contributed by atoms with Crippen LogP contribution in [0.3, 0.4) is 0 Å². The molecular weight excluding hydrogens is 436 g/mol. The lowest BCUT2D eigenvalue weighted by molar-refractivity contribution is -0.134. The van der Waals surface area contributed by atoms with Crippen molar-refractivity contribution in [3.8, 4) is 5.75 Å². The van der Waals surface area contributed by atoms with Crippen molar-refractivity contribution < 1.29 is 23.9 Å². The SMILES string of the molecule is CCNC(=O)Nc1ccc2c(c1)C(=O)N(C)[C@@H]1CC[C@H](CC(=O)NC3CCCCC3)O[C@H]1CO2. The van der Waals surface area contributed by atoms with Crippen molar-refractivity contribution in [3.63, 3.8) is 0 Å². The molecule has 186 valence electrons. The van der Waals surface area contributed by atoms with Crippen molar-refractivity contribution in [2.24, 2.45) is 0 Å². The first-order valence-corrected chi connectivity index (χ1v) is 12.5. The highest BCUT2D eigenvalue weighted by Gasteiger charge is 2.39. The van der Waals surface area contributed by atoms with Crippen LogP contribution in [0.4, 0.5) is 10.5 Å². The van der Waals surface area contributed by atoms with Gasteiger partial charge in [0.25, 0.3) is 5.91 Å². The van der Waals surface area contributed by atoms with E-state index >= 15 is 0 Å². The summed E-state index contributed by atoms with van der Waals surface area (Å²) in [5.74, 6) is 0.322. The maximum absolute atomic E-state index is 13.3. The lowest BCUT2D eigenvalue weighted by Gasteiger charge is -2.42. The number of ether oxygens (including phenoxy) is 2. The normalized spacial score (nSPS) is 25.2. The van der Waals surface area contributed by atoms with Crippen molar-refractivity contribution in [2.45, 2.75) is 82.6 Å². The molecule has 1 saturated heterocycles. The number of hydrogen-bond acceptors (Lipinski definition) is 5. The molecule has 3 N–H and O–H groups in total. The van der Waals surface area contributed by atoms with E-state index < -0.39 is 0 Å². The number of urea groups is 1. The first-order valence-electron chi connectivity index (χ1n) is 12.5. The highest BCUT2D eigenvalue weighted by Crippen LogP contribution is 2.32. The van der Waals surface area contributed by atoms with Gasteiger partial charge in [0, 0.05) is 25.3 Å². The number of nitrogens with zero attached hydrogens (tertiary/aromatic N) is 1. The average molecular weight is 473 g/mol. The van der Waals surface area contributed by atoms with Gasteiger partial charge < -0.3 is 30.3 Å². The molecule has 0 bridgehead atoms. The van der Waals surface area contributed by atoms with E-state index in [1.54, 1.807) is 30.1 Å². The van der Waals surface area contributed by atoms with E-state index in [0.717, 1.165) is 19.3 Å². The first kappa shape index (κ1) is 24.3. The second kappa shape index (κ2) is 11.1. The molecule has 1 aromatic carbocycles. The van der Waals surface area contributed by atoms with E-state index in [1.165, 1.54) is 19.3 Å². The number of hydrogen-bond donors (Lipinski definition) is 3. The Morgan fingerprint density at radius 2 is 1.91 bits per heavy atom. The third-order valence-electron chi connectivity index (χ3n) is 6.99. The highest BCUT2D eigenvalue weighted by molar-refractivity contribution is 5.99. The van der Waals surface area contributed by atoms with Crippen LogP contribution in [0.15, 0.2) is 18.2 Å². The summed E-state index contributed by atoms with van der Waals surface area (Å²) in [5, 5.41) is 8.57. The van der Waals surface area contributed by atoms with Crippen molar-refractivity contribution in [3.05, 3.63) is 23.8 Å². The van der Waals surface area contributed by atoms with E-state index in [1.807, 2.05) is 6.92 Å². The molecule has 1 aliphatic carbocycles. The molecule has 0 radical (unpaired) electrons. The minimum absolute atomic E-state index is 0.0454. The van der Waals surface area contributed by atoms with Crippen LogP contribution in [0.1, 0.15) is 68.6 Å². The minimum Gasteiger partial charge on any atom is -0.490 e. The van der Waals surface area contributed by atoms with E-state index in [9.17, 15) is 14.4 Å². The summed E-state index contributed by atoms with van der Waals surface area (Å²) >= 11 is 0. The number of benzene rings is 1. The summed E-state index contributed by atoms with van der Waals surface area (Å²) < 4.78 is 12.3. The van der Waals surface area contributed by atoms with Crippen LogP contribution in [0.2, 0.25) is 0 Å². The monoisotopic (exact) mass is 472 g/mol. The van der Waals surface area contributed by atoms with Gasteiger partial charge in [-0.05, 0) is 50.8 Å². The highest BCUT2D eigenvalue weighted by atomic mass is 16.5. The molecule has 9 heteroatoms. The number of rotatable bonds is 5. The Hall–Kier alpha value is -2.81. The Balaban J connectivity index is 1.39. The van der Waals surface area contributed by atoms with Crippen LogP contribution >= 0.6 is 0 Å². The van der Waals surface area contributed by atoms with Crippen LogP contribution < -0.4 is 20.7 Å². The van der Waals surface area contributed by atoms with Crippen LogP contribution in [-0.2, 0) is 9.53 Å². The van der Waals surface area contributed by atoms with Gasteiger partial charge >= 0.3 is 6.03 Å². The zero-order valence-corrected chi connectivity index (χ0v) is 20.1. The Kier molecular flexibility index (Phi) is 7.92. The van der Waals surface area contributed by atoms with Crippen LogP contribution in [0.25, 0.3) is 0 Å². The van der Waals surface area contributed by atoms with Crippen molar-refractivity contribution in [2.75, 3.05) is 25.5 Å². The lowest BCUT2D eigenvalue weighted by Crippen LogP contribution is -2.54. The number of nitrogens with one attached hydrogen (secondary N) is 3. The molecule has 1 aromatic rings. The zero-order valence-electron chi connectivity index (χ0n) is 20.1. The van der Waals surface area contributed by atoms with Gasteiger partial charge in [-0.25, -0.2) is 4.79 Å². The van der Waals surface area contributed by atoms with E-state index in [0.29, 0.717) is 43.0 Å². The van der Waals surface area contributed by atoms with Crippen molar-refractivity contribution in [1.29, 1.82) is 0 Å². The fraction of sp³-hybridized carbons (Fsp3) is 0.640. The topological polar surface area (TPSA) is 109 Å². The van der Waals surface area contributed by atoms with Crippen LogP contribution in [0.5, 0.6) is 5.75 Å². The molecule has 0 aromatic heterocycles. The van der Waals surface area contributed by atoms with Gasteiger partial charge in [0.1, 0.15) is 18.5 Å². The van der Waals surface area contributed by atoms with Crippen molar-refractivity contribution >= 4 is 23.5 Å². The van der Waals surface area contributed by atoms with Gasteiger partial charge in [0.15, 0.2) is 0 Å². The molecule has 9 nitrogen and oxygen atoms in total. The van der Waals surface area contributed by atoms with Gasteiger partial charge in [0.05, 0.1) is 24.1 Å². The summed E-state index contributed by atoms with van der Waals surface area (Å²) in [4.78, 5) is 39.4. The maximum Gasteiger partial charge on any atom is 0.319 e. The summed E-state index contributed by atoms with van der Waals surface area (Å²) in [7, 11) is 1.78. The first-order chi connectivity index (χ1) is 16.4. The predicted octanol–water partition coefficient (Wildman–Crippen LogP) is 3.05. The zero-order chi connectivity index (χ0) is 24.1. The molecule has 0 unspecified atom stereocenters. The van der Waals surface area contributed by atoms with Gasteiger partial charge in [-0.15, -0.1) is 0 Å². The number of anilines is 1. The fourth-order valence-electron chi connectivity index (χ4n) is 5.18. The molecule has 2 heterocycles. The van der Waals surface area contributed by atoms with Crippen LogP contribution in [-0.4, -0.2) is 67.2 Å². The standard InChI is InChI=1S/C25H36N4O5/c1-3-26-25(32)28-17-9-12-21-19(13-17)24(31)29(2)20-11-10-18(34-22(20)15-33-21)14-23(30)27-16-7-5-4-6-8-16/h9,12-13,16,18,20,22H,3-8,10-11,14-15H2,1-2H3,(H,27,30)(H2,26,28,32)/t18-,20-,22+/m1/s1. The smallest absolute Gasteiger partial charge is 0.319 e. The Morgan fingerprint density at radius 1 is 1.12 bits per heavy atom. The van der Waals surface area contributed by atoms with E-state index in [4.69, 9.17) is 9.47 Å². The van der Waals surface area contributed by atoms with E-state index in [-0.39, 0.29) is 42.1 Å². The summed E-state index contributed by atoms with van der Waals surface area (Å²) in [5.41, 5.74) is 0.931. The number of carbonyl (C=O) groups is 3. The Morgan fingerprint density at radius 3 is 2.68 bits per heavy atom. The predicted molar refractivity (Wildman–Crippen MR) is 128 cm³/mol. The van der Waals surface area contributed by atoms with Crippen LogP contribution in [0, 0.1) is 0 Å². The van der Waals surface area contributed by atoms with Gasteiger partial charge in [-0.2, -0.15) is 0 Å². The third-order valence-corrected chi connectivity index (χ3v) is 6.99. The largest absolute Gasteiger partial charge is 0.490 e. The molecule has 3 aliphatic rings. The summed E-state index contributed by atoms with van der Waals surface area (Å²) in [6.45, 7) is 2.63. The number of carbonyl (C=O) groups excluding carboxylic acids is 3. The molecule has 2 fully saturated rings. The Bertz CT molecular complexity index is 901. The quantitative estimate of drug-likeness (QED) is 0.610. The number of likely N-dealkylation sites (N-methyl/N-ethyl adjacent to an activating group) is 1. The Labute approximate surface area is 200 Å². The molecule has 2 aliphatic heterocycles.